The van der Waals surface area contributed by atoms with Crippen LogP contribution in [-0.2, 0) is 65.4 Å². The molecule has 0 aliphatic rings. The van der Waals surface area contributed by atoms with Crippen LogP contribution in [0.3, 0.4) is 0 Å². The smallest absolute Gasteiger partial charge is 0.462 e. The van der Waals surface area contributed by atoms with Crippen molar-refractivity contribution in [2.24, 2.45) is 11.8 Å². The Balaban J connectivity index is 5.26. The van der Waals surface area contributed by atoms with Gasteiger partial charge in [0.1, 0.15) is 19.3 Å². The average molecular weight is 1560 g/mol. The average Bonchev–Trinajstić information content (AvgIpc) is 0.908. The fourth-order valence-corrected chi connectivity index (χ4v) is 15.4. The molecule has 0 spiro atoms. The molecule has 0 radical (unpaired) electrons. The summed E-state index contributed by atoms with van der Waals surface area (Å²) in [5.74, 6) is -0.504. The number of unbranched alkanes of at least 4 members (excludes halogenated alkanes) is 57. The van der Waals surface area contributed by atoms with Gasteiger partial charge in [0.25, 0.3) is 0 Å². The normalized spacial score (nSPS) is 13.8. The first-order chi connectivity index (χ1) is 51.9. The maximum Gasteiger partial charge on any atom is 0.472 e. The van der Waals surface area contributed by atoms with Crippen LogP contribution in [-0.4, -0.2) is 96.7 Å². The van der Waals surface area contributed by atoms with Crippen LogP contribution in [0.25, 0.3) is 0 Å². The first-order valence-electron chi connectivity index (χ1n) is 45.5. The van der Waals surface area contributed by atoms with Crippen LogP contribution >= 0.6 is 15.6 Å². The van der Waals surface area contributed by atoms with Gasteiger partial charge in [0.2, 0.25) is 0 Å². The van der Waals surface area contributed by atoms with Crippen LogP contribution in [0.2, 0.25) is 0 Å². The van der Waals surface area contributed by atoms with Gasteiger partial charge in [-0.2, -0.15) is 0 Å². The standard InChI is InChI=1S/C88H172O17P2/c1-7-9-11-13-15-17-19-21-22-23-24-25-26-29-36-42-48-54-60-66-72-87(92)104-84(77-99-86(91)71-65-59-53-47-41-35-30-27-28-33-38-44-50-56-62-68-80(3)4)79-103-107(96,97)101-75-82(89)74-100-106(94,95)102-78-83(76-98-85(90)70-64-58-52-46-40-32-20-18-16-14-12-10-8-2)105-88(93)73-67-61-55-49-43-37-31-34-39-45-51-57-63-69-81(5)6/h80-84,89H,7-79H2,1-6H3,(H,94,95)(H,96,97)/t82-,83+,84+/m0/s1. The molecule has 0 aromatic carbocycles. The number of phosphoric ester groups is 2. The summed E-state index contributed by atoms with van der Waals surface area (Å²) in [5, 5.41) is 10.7. The van der Waals surface area contributed by atoms with E-state index in [9.17, 15) is 43.2 Å². The maximum absolute atomic E-state index is 13.2. The third-order valence-corrected chi connectivity index (χ3v) is 22.6. The molecule has 2 unspecified atom stereocenters. The lowest BCUT2D eigenvalue weighted by Crippen LogP contribution is -2.30. The minimum absolute atomic E-state index is 0.108. The summed E-state index contributed by atoms with van der Waals surface area (Å²) >= 11 is 0. The Morgan fingerprint density at radius 2 is 0.430 bits per heavy atom. The van der Waals surface area contributed by atoms with Gasteiger partial charge >= 0.3 is 39.5 Å². The van der Waals surface area contributed by atoms with E-state index in [1.54, 1.807) is 0 Å². The quantitative estimate of drug-likeness (QED) is 0.0222. The Hall–Kier alpha value is -1.94. The van der Waals surface area contributed by atoms with Crippen molar-refractivity contribution in [2.75, 3.05) is 39.6 Å². The van der Waals surface area contributed by atoms with Crippen molar-refractivity contribution >= 4 is 39.5 Å². The van der Waals surface area contributed by atoms with Crippen LogP contribution in [0, 0.1) is 11.8 Å². The van der Waals surface area contributed by atoms with Gasteiger partial charge in [-0.25, -0.2) is 9.13 Å². The Kier molecular flexibility index (Phi) is 77.9. The summed E-state index contributed by atoms with van der Waals surface area (Å²) < 4.78 is 69.0. The fourth-order valence-electron chi connectivity index (χ4n) is 13.8. The van der Waals surface area contributed by atoms with E-state index in [1.165, 1.54) is 289 Å². The zero-order valence-corrected chi connectivity index (χ0v) is 72.2. The first kappa shape index (κ1) is 105. The van der Waals surface area contributed by atoms with Gasteiger partial charge in [-0.3, -0.25) is 37.3 Å². The molecule has 0 aliphatic carbocycles. The highest BCUT2D eigenvalue weighted by Crippen LogP contribution is 2.45. The molecular weight excluding hydrogens is 1390 g/mol. The molecule has 3 N–H and O–H groups in total. The zero-order valence-electron chi connectivity index (χ0n) is 70.5. The van der Waals surface area contributed by atoms with Gasteiger partial charge in [0.15, 0.2) is 12.2 Å². The molecule has 0 rings (SSSR count). The summed E-state index contributed by atoms with van der Waals surface area (Å²) in [6.45, 7) is 9.73. The van der Waals surface area contributed by atoms with Gasteiger partial charge in [-0.1, -0.05) is 420 Å². The van der Waals surface area contributed by atoms with Crippen molar-refractivity contribution in [1.29, 1.82) is 0 Å². The highest BCUT2D eigenvalue weighted by Gasteiger charge is 2.30. The Labute approximate surface area is 658 Å². The molecular formula is C88H172O17P2. The Morgan fingerprint density at radius 1 is 0.252 bits per heavy atom. The van der Waals surface area contributed by atoms with Crippen molar-refractivity contribution in [3.8, 4) is 0 Å². The molecule has 0 aromatic heterocycles. The highest BCUT2D eigenvalue weighted by atomic mass is 31.2. The molecule has 0 aliphatic heterocycles. The summed E-state index contributed by atoms with van der Waals surface area (Å²) in [6.07, 6.45) is 72.1. The third kappa shape index (κ3) is 81.9. The maximum atomic E-state index is 13.2. The van der Waals surface area contributed by atoms with Crippen LogP contribution in [0.4, 0.5) is 0 Å². The van der Waals surface area contributed by atoms with E-state index in [-0.39, 0.29) is 25.7 Å². The largest absolute Gasteiger partial charge is 0.472 e. The number of ether oxygens (including phenoxy) is 4. The molecule has 636 valence electrons. The lowest BCUT2D eigenvalue weighted by atomic mass is 10.0. The summed E-state index contributed by atoms with van der Waals surface area (Å²) in [7, 11) is -9.93. The highest BCUT2D eigenvalue weighted by molar-refractivity contribution is 7.47. The predicted octanol–water partition coefficient (Wildman–Crippen LogP) is 27.0. The summed E-state index contributed by atoms with van der Waals surface area (Å²) in [6, 6.07) is 0. The minimum atomic E-state index is -4.97. The second-order valence-corrected chi connectivity index (χ2v) is 35.5. The van der Waals surface area contributed by atoms with Gasteiger partial charge in [0.05, 0.1) is 26.4 Å². The van der Waals surface area contributed by atoms with Gasteiger partial charge in [0, 0.05) is 25.7 Å². The van der Waals surface area contributed by atoms with Crippen molar-refractivity contribution in [3.63, 3.8) is 0 Å². The van der Waals surface area contributed by atoms with E-state index in [1.807, 2.05) is 0 Å². The predicted molar refractivity (Wildman–Crippen MR) is 442 cm³/mol. The Morgan fingerprint density at radius 3 is 0.636 bits per heavy atom. The number of carbonyl (C=O) groups is 4. The molecule has 107 heavy (non-hydrogen) atoms. The van der Waals surface area contributed by atoms with E-state index in [0.717, 1.165) is 102 Å². The van der Waals surface area contributed by atoms with Gasteiger partial charge < -0.3 is 33.8 Å². The number of carbonyl (C=O) groups excluding carboxylic acids is 4. The molecule has 0 fully saturated rings. The van der Waals surface area contributed by atoms with Crippen LogP contribution < -0.4 is 0 Å². The van der Waals surface area contributed by atoms with Crippen molar-refractivity contribution < 1.29 is 80.2 Å². The number of rotatable bonds is 87. The number of phosphoric acid groups is 2. The first-order valence-corrected chi connectivity index (χ1v) is 48.5. The second-order valence-electron chi connectivity index (χ2n) is 32.6. The molecule has 0 saturated carbocycles. The monoisotopic (exact) mass is 1560 g/mol. The third-order valence-electron chi connectivity index (χ3n) is 20.7. The molecule has 0 saturated heterocycles. The number of hydrogen-bond donors (Lipinski definition) is 3. The fraction of sp³-hybridized carbons (Fsp3) is 0.955. The molecule has 19 heteroatoms. The van der Waals surface area contributed by atoms with Crippen molar-refractivity contribution in [1.82, 2.24) is 0 Å². The number of aliphatic hydroxyl groups is 1. The van der Waals surface area contributed by atoms with Crippen LogP contribution in [0.15, 0.2) is 0 Å². The lowest BCUT2D eigenvalue weighted by Gasteiger charge is -2.21. The van der Waals surface area contributed by atoms with Gasteiger partial charge in [-0.05, 0) is 37.5 Å². The van der Waals surface area contributed by atoms with E-state index < -0.39 is 97.5 Å². The Bertz CT molecular complexity index is 2050. The number of hydrogen-bond acceptors (Lipinski definition) is 15. The molecule has 0 heterocycles. The number of aliphatic hydroxyl groups excluding tert-OH is 1. The molecule has 0 aromatic rings. The van der Waals surface area contributed by atoms with E-state index in [0.29, 0.717) is 25.7 Å². The van der Waals surface area contributed by atoms with Crippen molar-refractivity contribution in [2.45, 2.75) is 490 Å². The topological polar surface area (TPSA) is 237 Å². The SMILES string of the molecule is CCCCCCCCCCCCCCCCCCCCCCC(=O)O[C@H](COC(=O)CCCCCCCCCCCCCCCCCC(C)C)COP(=O)(O)OC[C@@H](O)COP(=O)(O)OC[C@@H](COC(=O)CCCCCCCCCCCCCCC)OC(=O)CCCCCCCCCCCCCCCC(C)C. The summed E-state index contributed by atoms with van der Waals surface area (Å²) in [4.78, 5) is 73.3. The zero-order chi connectivity index (χ0) is 78.5. The van der Waals surface area contributed by atoms with Crippen molar-refractivity contribution in [3.05, 3.63) is 0 Å². The second kappa shape index (κ2) is 79.3. The number of esters is 4. The summed E-state index contributed by atoms with van der Waals surface area (Å²) in [5.41, 5.74) is 0. The minimum Gasteiger partial charge on any atom is -0.462 e. The van der Waals surface area contributed by atoms with E-state index in [4.69, 9.17) is 37.0 Å². The molecule has 17 nitrogen and oxygen atoms in total. The van der Waals surface area contributed by atoms with E-state index in [2.05, 4.69) is 41.5 Å². The van der Waals surface area contributed by atoms with E-state index >= 15 is 0 Å². The molecule has 0 bridgehead atoms. The molecule has 5 atom stereocenters. The van der Waals surface area contributed by atoms with Crippen LogP contribution in [0.1, 0.15) is 472 Å². The molecule has 0 amide bonds. The van der Waals surface area contributed by atoms with Gasteiger partial charge in [-0.15, -0.1) is 0 Å². The lowest BCUT2D eigenvalue weighted by molar-refractivity contribution is -0.161. The van der Waals surface area contributed by atoms with Crippen LogP contribution in [0.5, 0.6) is 0 Å².